The van der Waals surface area contributed by atoms with Crippen molar-refractivity contribution < 1.29 is 9.84 Å². The highest BCUT2D eigenvalue weighted by Gasteiger charge is 2.18. The Kier molecular flexibility index (Phi) is 7.56. The molecule has 3 heteroatoms. The van der Waals surface area contributed by atoms with E-state index in [2.05, 4.69) is 38.2 Å². The molecule has 0 radical (unpaired) electrons. The van der Waals surface area contributed by atoms with Gasteiger partial charge in [0.15, 0.2) is 0 Å². The molecule has 0 fully saturated rings. The molecule has 0 aliphatic heterocycles. The first-order valence-corrected chi connectivity index (χ1v) is 7.27. The largest absolute Gasteiger partial charge is 0.389 e. The molecule has 0 heterocycles. The van der Waals surface area contributed by atoms with Crippen LogP contribution in [0.3, 0.4) is 0 Å². The molecule has 18 heavy (non-hydrogen) atoms. The zero-order valence-corrected chi connectivity index (χ0v) is 12.1. The molecule has 1 aliphatic rings. The summed E-state index contributed by atoms with van der Waals surface area (Å²) in [4.78, 5) is 0. The molecule has 4 atom stereocenters. The van der Waals surface area contributed by atoms with Crippen LogP contribution in [0.2, 0.25) is 0 Å². The summed E-state index contributed by atoms with van der Waals surface area (Å²) >= 11 is 0. The molecule has 0 saturated heterocycles. The first-order chi connectivity index (χ1) is 8.63. The average molecular weight is 255 g/mol. The Morgan fingerprint density at radius 1 is 1.39 bits per heavy atom. The number of hydrogen-bond donors (Lipinski definition) is 2. The number of rotatable bonds is 8. The number of allylic oxidation sites excluding steroid dienone is 2. The lowest BCUT2D eigenvalue weighted by molar-refractivity contribution is 0.0120. The third-order valence-corrected chi connectivity index (χ3v) is 3.87. The van der Waals surface area contributed by atoms with Crippen LogP contribution < -0.4 is 5.32 Å². The Balaban J connectivity index is 2.07. The van der Waals surface area contributed by atoms with Crippen LogP contribution in [0.25, 0.3) is 0 Å². The molecule has 0 bridgehead atoms. The maximum absolute atomic E-state index is 9.79. The van der Waals surface area contributed by atoms with Crippen molar-refractivity contribution >= 4 is 0 Å². The lowest BCUT2D eigenvalue weighted by atomic mass is 9.85. The maximum atomic E-state index is 9.79. The molecule has 0 spiro atoms. The first-order valence-electron chi connectivity index (χ1n) is 7.27. The van der Waals surface area contributed by atoms with E-state index < -0.39 is 6.10 Å². The van der Waals surface area contributed by atoms with Gasteiger partial charge in [-0.25, -0.2) is 0 Å². The van der Waals surface area contributed by atoms with Gasteiger partial charge in [0.05, 0.1) is 19.3 Å². The minimum atomic E-state index is -0.395. The molecule has 0 saturated carbocycles. The molecule has 0 amide bonds. The number of hydrogen-bond acceptors (Lipinski definition) is 3. The monoisotopic (exact) mass is 255 g/mol. The second kappa shape index (κ2) is 8.68. The Labute approximate surface area is 112 Å². The summed E-state index contributed by atoms with van der Waals surface area (Å²) < 4.78 is 5.65. The highest BCUT2D eigenvalue weighted by atomic mass is 16.5. The Morgan fingerprint density at radius 3 is 2.78 bits per heavy atom. The number of nitrogens with one attached hydrogen (secondary N) is 1. The Bertz CT molecular complexity index is 243. The van der Waals surface area contributed by atoms with Gasteiger partial charge in [0.2, 0.25) is 0 Å². The van der Waals surface area contributed by atoms with Crippen molar-refractivity contribution in [3.63, 3.8) is 0 Å². The molecular weight excluding hydrogens is 226 g/mol. The summed E-state index contributed by atoms with van der Waals surface area (Å²) in [5, 5.41) is 13.1. The van der Waals surface area contributed by atoms with Crippen LogP contribution in [0.15, 0.2) is 12.2 Å². The van der Waals surface area contributed by atoms with Gasteiger partial charge < -0.3 is 15.2 Å². The van der Waals surface area contributed by atoms with Gasteiger partial charge in [-0.15, -0.1) is 0 Å². The first kappa shape index (κ1) is 15.7. The van der Waals surface area contributed by atoms with E-state index in [1.807, 2.05) is 0 Å². The number of ether oxygens (including phenoxy) is 1. The van der Waals surface area contributed by atoms with Crippen molar-refractivity contribution in [2.45, 2.75) is 52.2 Å². The van der Waals surface area contributed by atoms with E-state index >= 15 is 0 Å². The third-order valence-electron chi connectivity index (χ3n) is 3.87. The van der Waals surface area contributed by atoms with E-state index in [0.29, 0.717) is 31.0 Å². The molecule has 0 aromatic carbocycles. The second-order valence-corrected chi connectivity index (χ2v) is 5.59. The molecule has 0 aromatic rings. The van der Waals surface area contributed by atoms with Crippen molar-refractivity contribution in [3.8, 4) is 0 Å². The molecule has 1 rings (SSSR count). The van der Waals surface area contributed by atoms with E-state index in [4.69, 9.17) is 4.74 Å². The lowest BCUT2D eigenvalue weighted by Crippen LogP contribution is -2.36. The van der Waals surface area contributed by atoms with Gasteiger partial charge in [-0.2, -0.15) is 0 Å². The van der Waals surface area contributed by atoms with Gasteiger partial charge in [-0.3, -0.25) is 0 Å². The van der Waals surface area contributed by atoms with Gasteiger partial charge in [0.25, 0.3) is 0 Å². The topological polar surface area (TPSA) is 41.5 Å². The van der Waals surface area contributed by atoms with Crippen molar-refractivity contribution in [3.05, 3.63) is 12.2 Å². The average Bonchev–Trinajstić information content (AvgIpc) is 2.38. The van der Waals surface area contributed by atoms with Gasteiger partial charge in [0, 0.05) is 12.6 Å². The zero-order chi connectivity index (χ0) is 13.4. The van der Waals surface area contributed by atoms with Gasteiger partial charge in [0.1, 0.15) is 0 Å². The van der Waals surface area contributed by atoms with E-state index in [1.165, 1.54) is 0 Å². The van der Waals surface area contributed by atoms with Crippen molar-refractivity contribution in [1.82, 2.24) is 5.32 Å². The summed E-state index contributed by atoms with van der Waals surface area (Å²) in [6.45, 7) is 8.37. The lowest BCUT2D eigenvalue weighted by Gasteiger charge is -2.25. The van der Waals surface area contributed by atoms with Gasteiger partial charge in [-0.1, -0.05) is 26.0 Å². The quantitative estimate of drug-likeness (QED) is 0.654. The summed E-state index contributed by atoms with van der Waals surface area (Å²) in [6.07, 6.45) is 7.46. The molecule has 1 aliphatic carbocycles. The fraction of sp³-hybridized carbons (Fsp3) is 0.867. The smallest absolute Gasteiger partial charge is 0.0897 e. The summed E-state index contributed by atoms with van der Waals surface area (Å²) in [7, 11) is 0. The maximum Gasteiger partial charge on any atom is 0.0897 e. The molecular formula is C15H29NO2. The van der Waals surface area contributed by atoms with E-state index in [0.717, 1.165) is 25.9 Å². The van der Waals surface area contributed by atoms with Crippen molar-refractivity contribution in [2.24, 2.45) is 11.8 Å². The van der Waals surface area contributed by atoms with Crippen LogP contribution in [-0.2, 0) is 4.74 Å². The summed E-state index contributed by atoms with van der Waals surface area (Å²) in [5.74, 6) is 1.31. The Morgan fingerprint density at radius 2 is 2.11 bits per heavy atom. The molecule has 2 N–H and O–H groups in total. The minimum Gasteiger partial charge on any atom is -0.389 e. The van der Waals surface area contributed by atoms with Gasteiger partial charge in [-0.05, 0) is 38.0 Å². The predicted molar refractivity (Wildman–Crippen MR) is 75.6 cm³/mol. The molecule has 3 nitrogen and oxygen atoms in total. The number of aliphatic hydroxyl groups excluding tert-OH is 1. The summed E-state index contributed by atoms with van der Waals surface area (Å²) in [6, 6.07) is 0.461. The van der Waals surface area contributed by atoms with Gasteiger partial charge >= 0.3 is 0 Å². The fourth-order valence-electron chi connectivity index (χ4n) is 2.13. The van der Waals surface area contributed by atoms with Crippen LogP contribution in [-0.4, -0.2) is 37.0 Å². The normalized spacial score (nSPS) is 27.1. The number of aliphatic hydroxyl groups is 1. The van der Waals surface area contributed by atoms with E-state index in [9.17, 15) is 5.11 Å². The van der Waals surface area contributed by atoms with Crippen molar-refractivity contribution in [1.29, 1.82) is 0 Å². The van der Waals surface area contributed by atoms with Crippen LogP contribution >= 0.6 is 0 Å². The summed E-state index contributed by atoms with van der Waals surface area (Å²) in [5.41, 5.74) is 0. The fourth-order valence-corrected chi connectivity index (χ4v) is 2.13. The van der Waals surface area contributed by atoms with Crippen LogP contribution in [0.4, 0.5) is 0 Å². The Hall–Kier alpha value is -0.380. The van der Waals surface area contributed by atoms with Crippen molar-refractivity contribution in [2.75, 3.05) is 19.8 Å². The van der Waals surface area contributed by atoms with Crippen LogP contribution in [0.1, 0.15) is 40.0 Å². The second-order valence-electron chi connectivity index (χ2n) is 5.59. The molecule has 0 aromatic heterocycles. The predicted octanol–water partition coefficient (Wildman–Crippen LogP) is 2.35. The highest BCUT2D eigenvalue weighted by molar-refractivity contribution is 4.93. The van der Waals surface area contributed by atoms with Crippen LogP contribution in [0, 0.1) is 11.8 Å². The van der Waals surface area contributed by atoms with E-state index in [-0.39, 0.29) is 0 Å². The minimum absolute atomic E-state index is 0.395. The third kappa shape index (κ3) is 5.98. The van der Waals surface area contributed by atoms with Crippen LogP contribution in [0.5, 0.6) is 0 Å². The standard InChI is InChI=1S/C15H29NO2/c1-4-13(3)16-9-15(17)11-18-10-14-8-6-5-7-12(14)2/h5-6,12-17H,4,7-11H2,1-3H3. The molecule has 4 unspecified atom stereocenters. The molecule has 106 valence electrons. The SMILES string of the molecule is CCC(C)NCC(O)COCC1CC=CCC1C. The van der Waals surface area contributed by atoms with E-state index in [1.54, 1.807) is 0 Å². The highest BCUT2D eigenvalue weighted by Crippen LogP contribution is 2.24. The zero-order valence-electron chi connectivity index (χ0n) is 12.1.